The van der Waals surface area contributed by atoms with Gasteiger partial charge in [-0.3, -0.25) is 0 Å². The van der Waals surface area contributed by atoms with Gasteiger partial charge in [0.2, 0.25) is 15.2 Å². The van der Waals surface area contributed by atoms with Crippen LogP contribution in [0.1, 0.15) is 2.85 Å². The fourth-order valence-electron chi connectivity index (χ4n) is 0.701. The monoisotopic (exact) mass is 192 g/mol. The van der Waals surface area contributed by atoms with E-state index in [1.54, 1.807) is 0 Å². The molecule has 44 valence electrons. The molecule has 1 saturated heterocycles. The Morgan fingerprint density at radius 1 is 1.75 bits per heavy atom. The standard InChI is InChI=1S/C4H7ClS.Al.Ca.3H/c1-3-6-4(2)5;;;;;/h4H,1-3H2;;;;;/q;;+2;;2*-1. The Kier molecular flexibility index (Phi) is 8.04. The molecule has 0 aromatic carbocycles. The quantitative estimate of drug-likeness (QED) is 0.413. The van der Waals surface area contributed by atoms with E-state index in [1.165, 1.54) is 16.3 Å². The van der Waals surface area contributed by atoms with E-state index in [4.69, 9.17) is 11.6 Å². The molecule has 8 heavy (non-hydrogen) atoms. The SMILES string of the molecule is ClC1[CH2][AlH][CH2]CS1.[Ca+2].[H-].[H-]. The minimum atomic E-state index is 0. The van der Waals surface area contributed by atoms with Crippen molar-refractivity contribution in [2.75, 3.05) is 5.75 Å². The Bertz CT molecular complexity index is 65.2. The molecule has 1 fully saturated rings. The van der Waals surface area contributed by atoms with Crippen molar-refractivity contribution in [2.24, 2.45) is 0 Å². The second kappa shape index (κ2) is 6.16. The second-order valence-electron chi connectivity index (χ2n) is 1.78. The largest absolute Gasteiger partial charge is 2.00 e. The molecule has 1 atom stereocenters. The van der Waals surface area contributed by atoms with E-state index >= 15 is 0 Å². The Balaban J connectivity index is -0.000000163. The van der Waals surface area contributed by atoms with Gasteiger partial charge in [-0.1, -0.05) is 10.6 Å². The molecule has 0 nitrogen and oxygen atoms in total. The molecule has 0 aromatic rings. The first kappa shape index (κ1) is 10.4. The third kappa shape index (κ3) is 4.28. The topological polar surface area (TPSA) is 0 Å². The Morgan fingerprint density at radius 3 is 2.75 bits per heavy atom. The van der Waals surface area contributed by atoms with Crippen LogP contribution in [-0.4, -0.2) is 63.4 Å². The first-order valence-corrected chi connectivity index (χ1v) is 6.14. The van der Waals surface area contributed by atoms with Gasteiger partial charge in [0.05, 0.1) is 4.71 Å². The van der Waals surface area contributed by atoms with Crippen LogP contribution in [0.15, 0.2) is 0 Å². The van der Waals surface area contributed by atoms with Crippen molar-refractivity contribution < 1.29 is 2.85 Å². The summed E-state index contributed by atoms with van der Waals surface area (Å²) in [6.07, 6.45) is 0. The maximum absolute atomic E-state index is 5.81. The molecule has 0 bridgehead atoms. The number of rotatable bonds is 0. The molecular weight excluding hydrogens is 183 g/mol. The second-order valence-corrected chi connectivity index (χ2v) is 5.86. The molecule has 0 aromatic heterocycles. The summed E-state index contributed by atoms with van der Waals surface area (Å²) in [6.45, 7) is 0. The van der Waals surface area contributed by atoms with Crippen LogP contribution in [0, 0.1) is 0 Å². The van der Waals surface area contributed by atoms with Crippen LogP contribution in [0.2, 0.25) is 10.6 Å². The predicted molar refractivity (Wildman–Crippen MR) is 46.8 cm³/mol. The van der Waals surface area contributed by atoms with Crippen molar-refractivity contribution in [1.82, 2.24) is 0 Å². The van der Waals surface area contributed by atoms with E-state index in [-0.39, 0.29) is 40.6 Å². The zero-order valence-corrected chi connectivity index (χ0v) is 10.1. The molecular formula is C4H10AlCaClS. The smallest absolute Gasteiger partial charge is 1.00 e. The number of halogens is 1. The minimum absolute atomic E-state index is 0. The molecule has 0 spiro atoms. The summed E-state index contributed by atoms with van der Waals surface area (Å²) in [5, 5.41) is 2.86. The normalized spacial score (nSPS) is 27.9. The minimum Gasteiger partial charge on any atom is -1.00 e. The van der Waals surface area contributed by atoms with Crippen molar-refractivity contribution in [3.8, 4) is 0 Å². The summed E-state index contributed by atoms with van der Waals surface area (Å²) >= 11 is 8.04. The van der Waals surface area contributed by atoms with Gasteiger partial charge in [-0.2, -0.15) is 0 Å². The van der Waals surface area contributed by atoms with Crippen molar-refractivity contribution >= 4 is 76.3 Å². The Hall–Kier alpha value is 2.43. The summed E-state index contributed by atoms with van der Waals surface area (Å²) < 4.78 is 0.486. The van der Waals surface area contributed by atoms with Gasteiger partial charge in [0.25, 0.3) is 0 Å². The summed E-state index contributed by atoms with van der Waals surface area (Å²) in [5.74, 6) is 1.33. The number of hydrogen-bond donors (Lipinski definition) is 0. The van der Waals surface area contributed by atoms with Crippen molar-refractivity contribution in [3.63, 3.8) is 0 Å². The molecule has 1 aliphatic rings. The van der Waals surface area contributed by atoms with E-state index in [0.29, 0.717) is 19.9 Å². The molecule has 1 unspecified atom stereocenters. The van der Waals surface area contributed by atoms with Crippen molar-refractivity contribution in [2.45, 2.75) is 15.3 Å². The zero-order valence-electron chi connectivity index (χ0n) is 6.90. The third-order valence-corrected chi connectivity index (χ3v) is 5.98. The molecule has 0 aliphatic carbocycles. The zero-order chi connectivity index (χ0) is 5.11. The average molecular weight is 193 g/mol. The first-order chi connectivity index (χ1) is 3.39. The van der Waals surface area contributed by atoms with Crippen LogP contribution >= 0.6 is 23.4 Å². The first-order valence-electron chi connectivity index (χ1n) is 2.65. The van der Waals surface area contributed by atoms with E-state index in [2.05, 4.69) is 0 Å². The van der Waals surface area contributed by atoms with E-state index < -0.39 is 0 Å². The Morgan fingerprint density at radius 2 is 2.50 bits per heavy atom. The van der Waals surface area contributed by atoms with Gasteiger partial charge in [0, 0.05) is 0 Å². The van der Waals surface area contributed by atoms with Crippen LogP contribution in [0.5, 0.6) is 0 Å². The van der Waals surface area contributed by atoms with Crippen molar-refractivity contribution in [1.29, 1.82) is 0 Å². The van der Waals surface area contributed by atoms with Gasteiger partial charge in [-0.25, -0.2) is 0 Å². The van der Waals surface area contributed by atoms with E-state index in [0.717, 1.165) is 0 Å². The summed E-state index contributed by atoms with van der Waals surface area (Å²) in [7, 11) is 0. The van der Waals surface area contributed by atoms with Gasteiger partial charge in [0.15, 0.2) is 0 Å². The van der Waals surface area contributed by atoms with Gasteiger partial charge in [-0.05, 0) is 5.75 Å². The molecule has 4 heteroatoms. The molecule has 0 N–H and O–H groups in total. The molecule has 1 heterocycles. The third-order valence-electron chi connectivity index (χ3n) is 1.12. The van der Waals surface area contributed by atoms with E-state index in [9.17, 15) is 0 Å². The maximum Gasteiger partial charge on any atom is 2.00 e. The summed E-state index contributed by atoms with van der Waals surface area (Å²) in [6, 6.07) is 0. The van der Waals surface area contributed by atoms with Crippen LogP contribution in [0.3, 0.4) is 0 Å². The molecule has 0 saturated carbocycles. The van der Waals surface area contributed by atoms with Crippen LogP contribution in [0.4, 0.5) is 0 Å². The number of alkyl halides is 1. The van der Waals surface area contributed by atoms with E-state index in [1.807, 2.05) is 11.8 Å². The average Bonchev–Trinajstić information content (AvgIpc) is 1.69. The van der Waals surface area contributed by atoms with Gasteiger partial charge in [0.1, 0.15) is 0 Å². The maximum atomic E-state index is 5.81. The summed E-state index contributed by atoms with van der Waals surface area (Å²) in [4.78, 5) is 0. The number of thioether (sulfide) groups is 1. The molecule has 1 aliphatic heterocycles. The fraction of sp³-hybridized carbons (Fsp3) is 1.00. The van der Waals surface area contributed by atoms with Crippen LogP contribution < -0.4 is 0 Å². The molecule has 1 rings (SSSR count). The molecule has 0 amide bonds. The molecule has 0 radical (unpaired) electrons. The van der Waals surface area contributed by atoms with Crippen LogP contribution in [-0.2, 0) is 0 Å². The van der Waals surface area contributed by atoms with Gasteiger partial charge < -0.3 is 2.85 Å². The Labute approximate surface area is 98.8 Å². The number of hydrogen-bond acceptors (Lipinski definition) is 1. The van der Waals surface area contributed by atoms with Crippen molar-refractivity contribution in [3.05, 3.63) is 0 Å². The predicted octanol–water partition coefficient (Wildman–Crippen LogP) is 1.42. The van der Waals surface area contributed by atoms with Gasteiger partial charge in [-0.15, -0.1) is 23.4 Å². The summed E-state index contributed by atoms with van der Waals surface area (Å²) in [5.41, 5.74) is 0. The fourth-order valence-corrected chi connectivity index (χ4v) is 4.95. The van der Waals surface area contributed by atoms with Crippen LogP contribution in [0.25, 0.3) is 0 Å². The van der Waals surface area contributed by atoms with Gasteiger partial charge >= 0.3 is 37.7 Å².